The van der Waals surface area contributed by atoms with Crippen molar-refractivity contribution in [3.8, 4) is 0 Å². The Morgan fingerprint density at radius 1 is 1.48 bits per heavy atom. The number of alkyl halides is 1. The summed E-state index contributed by atoms with van der Waals surface area (Å²) in [5.41, 5.74) is 0.271. The molecule has 2 atom stereocenters. The van der Waals surface area contributed by atoms with E-state index in [9.17, 15) is 14.0 Å². The van der Waals surface area contributed by atoms with Gasteiger partial charge in [-0.05, 0) is 19.2 Å². The van der Waals surface area contributed by atoms with Gasteiger partial charge in [-0.1, -0.05) is 6.07 Å². The number of likely N-dealkylation sites (N-methyl/N-ethyl adjacent to an activating group) is 1. The largest absolute Gasteiger partial charge is 0.350 e. The number of likely N-dealkylation sites (tertiary alicyclic amines) is 1. The standard InChI is InChI=1S/C15H20FN5O2/c1-17-9-12-8-11(16)10-20(12)14(22)5-7-21-15(23)19-6-3-2-4-13(19)18-21/h2-4,6,11-12,17H,5,7-10H2,1H3/t11-,12-/m0/s1. The average molecular weight is 321 g/mol. The summed E-state index contributed by atoms with van der Waals surface area (Å²) in [5.74, 6) is -0.144. The molecule has 0 radical (unpaired) electrons. The second-order valence-corrected chi connectivity index (χ2v) is 5.78. The number of hydrogen-bond acceptors (Lipinski definition) is 4. The third-order valence-corrected chi connectivity index (χ3v) is 4.15. The zero-order valence-electron chi connectivity index (χ0n) is 13.0. The molecule has 8 heteroatoms. The summed E-state index contributed by atoms with van der Waals surface area (Å²) in [4.78, 5) is 26.1. The van der Waals surface area contributed by atoms with E-state index >= 15 is 0 Å². The summed E-state index contributed by atoms with van der Waals surface area (Å²) in [6.45, 7) is 0.894. The molecule has 1 N–H and O–H groups in total. The molecule has 1 fully saturated rings. The minimum absolute atomic E-state index is 0.125. The highest BCUT2D eigenvalue weighted by Gasteiger charge is 2.34. The Hall–Kier alpha value is -2.22. The maximum atomic E-state index is 13.6. The van der Waals surface area contributed by atoms with Crippen molar-refractivity contribution in [1.29, 1.82) is 0 Å². The lowest BCUT2D eigenvalue weighted by Crippen LogP contribution is -2.41. The number of carbonyl (C=O) groups excluding carboxylic acids is 1. The van der Waals surface area contributed by atoms with Crippen LogP contribution in [-0.2, 0) is 11.3 Å². The summed E-state index contributed by atoms with van der Waals surface area (Å²) >= 11 is 0. The number of fused-ring (bicyclic) bond motifs is 1. The lowest BCUT2D eigenvalue weighted by Gasteiger charge is -2.24. The van der Waals surface area contributed by atoms with Gasteiger partial charge in [0.1, 0.15) is 6.17 Å². The van der Waals surface area contributed by atoms with E-state index in [0.717, 1.165) is 0 Å². The zero-order valence-corrected chi connectivity index (χ0v) is 13.0. The number of aryl methyl sites for hydroxylation is 1. The fourth-order valence-electron chi connectivity index (χ4n) is 3.05. The van der Waals surface area contributed by atoms with E-state index in [0.29, 0.717) is 18.6 Å². The van der Waals surface area contributed by atoms with Crippen LogP contribution in [0.5, 0.6) is 0 Å². The van der Waals surface area contributed by atoms with Crippen molar-refractivity contribution in [2.24, 2.45) is 0 Å². The average Bonchev–Trinajstić information content (AvgIpc) is 3.06. The Morgan fingerprint density at radius 3 is 3.04 bits per heavy atom. The molecule has 1 aliphatic rings. The normalized spacial score (nSPS) is 21.2. The topological polar surface area (TPSA) is 71.6 Å². The lowest BCUT2D eigenvalue weighted by molar-refractivity contribution is -0.132. The fourth-order valence-corrected chi connectivity index (χ4v) is 3.05. The maximum Gasteiger partial charge on any atom is 0.350 e. The molecule has 1 saturated heterocycles. The van der Waals surface area contributed by atoms with Gasteiger partial charge in [0.25, 0.3) is 0 Å². The highest BCUT2D eigenvalue weighted by molar-refractivity contribution is 5.76. The fraction of sp³-hybridized carbons (Fsp3) is 0.533. The quantitative estimate of drug-likeness (QED) is 0.844. The SMILES string of the molecule is CNC[C@@H]1C[C@H](F)CN1C(=O)CCn1nc2ccccn2c1=O. The van der Waals surface area contributed by atoms with Crippen molar-refractivity contribution in [3.63, 3.8) is 0 Å². The van der Waals surface area contributed by atoms with Gasteiger partial charge < -0.3 is 10.2 Å². The zero-order chi connectivity index (χ0) is 16.4. The highest BCUT2D eigenvalue weighted by atomic mass is 19.1. The van der Waals surface area contributed by atoms with Crippen LogP contribution < -0.4 is 11.0 Å². The first-order valence-electron chi connectivity index (χ1n) is 7.72. The van der Waals surface area contributed by atoms with E-state index in [1.807, 2.05) is 0 Å². The van der Waals surface area contributed by atoms with Crippen LogP contribution in [0, 0.1) is 0 Å². The number of carbonyl (C=O) groups is 1. The van der Waals surface area contributed by atoms with E-state index < -0.39 is 6.17 Å². The van der Waals surface area contributed by atoms with Crippen molar-refractivity contribution in [2.45, 2.75) is 31.6 Å². The van der Waals surface area contributed by atoms with E-state index in [2.05, 4.69) is 10.4 Å². The van der Waals surface area contributed by atoms with Crippen molar-refractivity contribution in [2.75, 3.05) is 20.1 Å². The number of nitrogens with one attached hydrogen (secondary N) is 1. The van der Waals surface area contributed by atoms with Crippen LogP contribution in [0.1, 0.15) is 12.8 Å². The molecule has 0 aliphatic carbocycles. The van der Waals surface area contributed by atoms with Gasteiger partial charge in [0, 0.05) is 31.6 Å². The molecule has 2 aromatic heterocycles. The molecule has 23 heavy (non-hydrogen) atoms. The van der Waals surface area contributed by atoms with Gasteiger partial charge in [-0.2, -0.15) is 0 Å². The van der Waals surface area contributed by atoms with Gasteiger partial charge in [0.2, 0.25) is 5.91 Å². The molecular weight excluding hydrogens is 301 g/mol. The Kier molecular flexibility index (Phi) is 4.42. The van der Waals surface area contributed by atoms with Crippen molar-refractivity contribution in [1.82, 2.24) is 24.4 Å². The Balaban J connectivity index is 1.68. The van der Waals surface area contributed by atoms with E-state index in [-0.39, 0.29) is 37.1 Å². The van der Waals surface area contributed by atoms with Crippen LogP contribution in [0.4, 0.5) is 4.39 Å². The summed E-state index contributed by atoms with van der Waals surface area (Å²) in [6, 6.07) is 5.15. The number of aromatic nitrogens is 3. The number of nitrogens with zero attached hydrogens (tertiary/aromatic N) is 4. The van der Waals surface area contributed by atoms with E-state index in [1.54, 1.807) is 36.3 Å². The number of halogens is 1. The molecule has 3 rings (SSSR count). The van der Waals surface area contributed by atoms with Gasteiger partial charge in [-0.3, -0.25) is 9.20 Å². The van der Waals surface area contributed by atoms with Crippen LogP contribution in [0.3, 0.4) is 0 Å². The second kappa shape index (κ2) is 6.49. The molecular formula is C15H20FN5O2. The number of amides is 1. The van der Waals surface area contributed by atoms with Crippen LogP contribution >= 0.6 is 0 Å². The third-order valence-electron chi connectivity index (χ3n) is 4.15. The molecule has 0 bridgehead atoms. The first-order valence-corrected chi connectivity index (χ1v) is 7.72. The minimum Gasteiger partial charge on any atom is -0.335 e. The van der Waals surface area contributed by atoms with Gasteiger partial charge in [0.05, 0.1) is 13.1 Å². The summed E-state index contributed by atoms with van der Waals surface area (Å²) in [7, 11) is 1.78. The maximum absolute atomic E-state index is 13.6. The number of hydrogen-bond donors (Lipinski definition) is 1. The molecule has 1 amide bonds. The van der Waals surface area contributed by atoms with Crippen LogP contribution in [-0.4, -0.2) is 57.3 Å². The van der Waals surface area contributed by atoms with Crippen LogP contribution in [0.15, 0.2) is 29.2 Å². The van der Waals surface area contributed by atoms with E-state index in [4.69, 9.17) is 0 Å². The van der Waals surface area contributed by atoms with Crippen molar-refractivity contribution < 1.29 is 9.18 Å². The predicted molar refractivity (Wildman–Crippen MR) is 83.0 cm³/mol. The molecule has 2 aromatic rings. The van der Waals surface area contributed by atoms with E-state index in [1.165, 1.54) is 9.08 Å². The second-order valence-electron chi connectivity index (χ2n) is 5.78. The molecule has 0 spiro atoms. The lowest BCUT2D eigenvalue weighted by atomic mass is 10.2. The smallest absolute Gasteiger partial charge is 0.335 e. The number of rotatable bonds is 5. The van der Waals surface area contributed by atoms with Gasteiger partial charge >= 0.3 is 5.69 Å². The Labute approximate surface area is 132 Å². The minimum atomic E-state index is -0.977. The van der Waals surface area contributed by atoms with Crippen molar-refractivity contribution >= 4 is 11.6 Å². The first-order chi connectivity index (χ1) is 11.1. The monoisotopic (exact) mass is 321 g/mol. The summed E-state index contributed by atoms with van der Waals surface area (Å²) < 4.78 is 16.3. The van der Waals surface area contributed by atoms with Crippen LogP contribution in [0.25, 0.3) is 5.65 Å². The molecule has 0 unspecified atom stereocenters. The molecule has 124 valence electrons. The molecule has 0 saturated carbocycles. The summed E-state index contributed by atoms with van der Waals surface area (Å²) in [6.07, 6.45) is 1.16. The highest BCUT2D eigenvalue weighted by Crippen LogP contribution is 2.20. The predicted octanol–water partition coefficient (Wildman–Crippen LogP) is 0.0445. The third kappa shape index (κ3) is 3.12. The Bertz CT molecular complexity index is 756. The van der Waals surface area contributed by atoms with Crippen LogP contribution in [0.2, 0.25) is 0 Å². The first kappa shape index (κ1) is 15.7. The molecule has 3 heterocycles. The molecule has 7 nitrogen and oxygen atoms in total. The summed E-state index contributed by atoms with van der Waals surface area (Å²) in [5, 5.41) is 7.18. The molecule has 0 aromatic carbocycles. The Morgan fingerprint density at radius 2 is 2.30 bits per heavy atom. The van der Waals surface area contributed by atoms with Gasteiger partial charge in [-0.25, -0.2) is 13.9 Å². The van der Waals surface area contributed by atoms with Crippen molar-refractivity contribution in [3.05, 3.63) is 34.9 Å². The number of pyridine rings is 1. The molecule has 1 aliphatic heterocycles. The van der Waals surface area contributed by atoms with Gasteiger partial charge in [0.15, 0.2) is 5.65 Å². The van der Waals surface area contributed by atoms with Gasteiger partial charge in [-0.15, -0.1) is 5.10 Å².